The highest BCUT2D eigenvalue weighted by molar-refractivity contribution is 6.41. The molecule has 0 heterocycles. The summed E-state index contributed by atoms with van der Waals surface area (Å²) in [6, 6.07) is 15.9. The largest absolute Gasteiger partial charge is 0.494 e. The summed E-state index contributed by atoms with van der Waals surface area (Å²) in [6.45, 7) is 9.97. The predicted octanol–water partition coefficient (Wildman–Crippen LogP) is 8.49. The molecule has 174 valence electrons. The van der Waals surface area contributed by atoms with E-state index in [9.17, 15) is 0 Å². The Balaban J connectivity index is 1.85. The van der Waals surface area contributed by atoms with Crippen molar-refractivity contribution in [3.63, 3.8) is 0 Å². The number of nitrogens with zero attached hydrogens (tertiary/aromatic N) is 2. The van der Waals surface area contributed by atoms with Crippen LogP contribution >= 0.6 is 0 Å². The van der Waals surface area contributed by atoms with E-state index < -0.39 is 0 Å². The van der Waals surface area contributed by atoms with Gasteiger partial charge in [0.25, 0.3) is 0 Å². The fraction of sp³-hybridized carbons (Fsp3) is 0.500. The third-order valence-corrected chi connectivity index (χ3v) is 5.32. The number of unbranched alkanes of at least 4 members (excludes halogenated alkanes) is 6. The average molecular weight is 437 g/mol. The normalized spacial score (nSPS) is 12.1. The molecule has 4 nitrogen and oxygen atoms in total. The molecule has 32 heavy (non-hydrogen) atoms. The Morgan fingerprint density at radius 2 is 0.938 bits per heavy atom. The van der Waals surface area contributed by atoms with Crippen molar-refractivity contribution < 1.29 is 9.47 Å². The summed E-state index contributed by atoms with van der Waals surface area (Å²) in [7, 11) is 0. The number of aliphatic imine (C=N–C) groups is 2. The monoisotopic (exact) mass is 436 g/mol. The van der Waals surface area contributed by atoms with Gasteiger partial charge in [0.05, 0.1) is 36.0 Å². The zero-order valence-corrected chi connectivity index (χ0v) is 20.4. The lowest BCUT2D eigenvalue weighted by atomic mass is 10.2. The quantitative estimate of drug-likeness (QED) is 0.207. The van der Waals surface area contributed by atoms with Gasteiger partial charge in [0, 0.05) is 0 Å². The van der Waals surface area contributed by atoms with Crippen LogP contribution in [0.3, 0.4) is 0 Å². The molecule has 0 aromatic heterocycles. The van der Waals surface area contributed by atoms with E-state index in [1.165, 1.54) is 38.5 Å². The van der Waals surface area contributed by atoms with Crippen molar-refractivity contribution in [3.05, 3.63) is 48.5 Å². The molecule has 2 aromatic rings. The lowest BCUT2D eigenvalue weighted by Crippen LogP contribution is -2.04. The summed E-state index contributed by atoms with van der Waals surface area (Å²) >= 11 is 0. The minimum Gasteiger partial charge on any atom is -0.494 e. The van der Waals surface area contributed by atoms with Gasteiger partial charge in [-0.2, -0.15) is 0 Å². The fourth-order valence-corrected chi connectivity index (χ4v) is 3.22. The number of rotatable bonds is 15. The van der Waals surface area contributed by atoms with Crippen LogP contribution in [-0.4, -0.2) is 24.6 Å². The average Bonchev–Trinajstić information content (AvgIpc) is 2.81. The van der Waals surface area contributed by atoms with Gasteiger partial charge in [0.1, 0.15) is 11.5 Å². The minimum atomic E-state index is 0.774. The van der Waals surface area contributed by atoms with Crippen molar-refractivity contribution >= 4 is 22.8 Å². The summed E-state index contributed by atoms with van der Waals surface area (Å²) in [6.07, 6.45) is 9.70. The van der Waals surface area contributed by atoms with Crippen molar-refractivity contribution in [2.24, 2.45) is 9.98 Å². The van der Waals surface area contributed by atoms with Gasteiger partial charge in [0.15, 0.2) is 0 Å². The van der Waals surface area contributed by atoms with Gasteiger partial charge in [-0.05, 0) is 75.2 Å². The van der Waals surface area contributed by atoms with Gasteiger partial charge < -0.3 is 9.47 Å². The first kappa shape index (κ1) is 25.6. The van der Waals surface area contributed by atoms with E-state index in [0.29, 0.717) is 0 Å². The molecule has 0 radical (unpaired) electrons. The molecule has 0 aliphatic heterocycles. The molecule has 0 amide bonds. The Morgan fingerprint density at radius 3 is 1.28 bits per heavy atom. The second kappa shape index (κ2) is 15.2. The van der Waals surface area contributed by atoms with Gasteiger partial charge in [-0.15, -0.1) is 0 Å². The van der Waals surface area contributed by atoms with E-state index in [0.717, 1.165) is 60.4 Å². The lowest BCUT2D eigenvalue weighted by molar-refractivity contribution is 0.305. The van der Waals surface area contributed by atoms with Crippen molar-refractivity contribution in [2.45, 2.75) is 79.1 Å². The smallest absolute Gasteiger partial charge is 0.119 e. The van der Waals surface area contributed by atoms with Crippen molar-refractivity contribution in [3.8, 4) is 11.5 Å². The Kier molecular flexibility index (Phi) is 12.2. The molecule has 0 saturated carbocycles. The molecule has 0 aliphatic rings. The highest BCUT2D eigenvalue weighted by atomic mass is 16.5. The van der Waals surface area contributed by atoms with Gasteiger partial charge in [-0.25, -0.2) is 0 Å². The van der Waals surface area contributed by atoms with E-state index in [2.05, 4.69) is 13.8 Å². The van der Waals surface area contributed by atoms with Crippen LogP contribution in [0.5, 0.6) is 11.5 Å². The third kappa shape index (κ3) is 10.1. The van der Waals surface area contributed by atoms with Crippen molar-refractivity contribution in [1.29, 1.82) is 0 Å². The molecule has 0 saturated heterocycles. The summed E-state index contributed by atoms with van der Waals surface area (Å²) in [5.41, 5.74) is 3.60. The van der Waals surface area contributed by atoms with Crippen LogP contribution in [0.15, 0.2) is 58.5 Å². The van der Waals surface area contributed by atoms with Gasteiger partial charge >= 0.3 is 0 Å². The number of hydrogen-bond acceptors (Lipinski definition) is 4. The number of ether oxygens (including phenoxy) is 2. The van der Waals surface area contributed by atoms with Crippen LogP contribution in [-0.2, 0) is 0 Å². The van der Waals surface area contributed by atoms with E-state index in [1.54, 1.807) is 0 Å². The van der Waals surface area contributed by atoms with E-state index >= 15 is 0 Å². The predicted molar refractivity (Wildman–Crippen MR) is 138 cm³/mol. The first-order chi connectivity index (χ1) is 15.6. The second-order valence-corrected chi connectivity index (χ2v) is 8.20. The number of hydrogen-bond donors (Lipinski definition) is 0. The molecule has 0 aliphatic carbocycles. The molecule has 2 rings (SSSR count). The van der Waals surface area contributed by atoms with Crippen LogP contribution < -0.4 is 9.47 Å². The highest BCUT2D eigenvalue weighted by Crippen LogP contribution is 2.21. The molecule has 2 aromatic carbocycles. The summed E-state index contributed by atoms with van der Waals surface area (Å²) in [4.78, 5) is 9.41. The Bertz CT molecular complexity index is 752. The van der Waals surface area contributed by atoms with Gasteiger partial charge in [0.2, 0.25) is 0 Å². The van der Waals surface area contributed by atoms with Crippen LogP contribution in [0.2, 0.25) is 0 Å². The maximum atomic E-state index is 5.81. The van der Waals surface area contributed by atoms with Crippen LogP contribution in [0.25, 0.3) is 0 Å². The fourth-order valence-electron chi connectivity index (χ4n) is 3.22. The Labute approximate surface area is 194 Å². The molecular weight excluding hydrogens is 396 g/mol. The molecular formula is C28H40N2O2. The SMILES string of the molecule is CCCCCCOc1ccc(N=C(C)C(C)=Nc2ccc(OCCCCCC)cc2)cc1. The second-order valence-electron chi connectivity index (χ2n) is 8.20. The van der Waals surface area contributed by atoms with Crippen molar-refractivity contribution in [2.75, 3.05) is 13.2 Å². The Morgan fingerprint density at radius 1 is 0.562 bits per heavy atom. The molecule has 0 bridgehead atoms. The molecule has 0 N–H and O–H groups in total. The summed E-state index contributed by atoms with van der Waals surface area (Å²) < 4.78 is 11.6. The molecule has 0 atom stereocenters. The first-order valence-electron chi connectivity index (χ1n) is 12.2. The summed E-state index contributed by atoms with van der Waals surface area (Å²) in [5.74, 6) is 1.80. The lowest BCUT2D eigenvalue weighted by Gasteiger charge is -2.07. The van der Waals surface area contributed by atoms with Crippen LogP contribution in [0.1, 0.15) is 79.1 Å². The first-order valence-corrected chi connectivity index (χ1v) is 12.2. The molecule has 4 heteroatoms. The standard InChI is InChI=1S/C28H40N2O2/c1-5-7-9-11-21-31-27-17-13-25(14-18-27)29-23(3)24(4)30-26-15-19-28(20-16-26)32-22-12-10-8-6-2/h13-20H,5-12,21-22H2,1-4H3. The van der Waals surface area contributed by atoms with Gasteiger partial charge in [-0.3, -0.25) is 9.98 Å². The van der Waals surface area contributed by atoms with E-state index in [1.807, 2.05) is 62.4 Å². The zero-order valence-electron chi connectivity index (χ0n) is 20.4. The van der Waals surface area contributed by atoms with Crippen molar-refractivity contribution in [1.82, 2.24) is 0 Å². The molecule has 0 unspecified atom stereocenters. The topological polar surface area (TPSA) is 43.2 Å². The zero-order chi connectivity index (χ0) is 23.0. The highest BCUT2D eigenvalue weighted by Gasteiger charge is 2.01. The minimum absolute atomic E-state index is 0.774. The Hall–Kier alpha value is -2.62. The molecule has 0 fully saturated rings. The third-order valence-electron chi connectivity index (χ3n) is 5.32. The van der Waals surface area contributed by atoms with Gasteiger partial charge in [-0.1, -0.05) is 52.4 Å². The van der Waals surface area contributed by atoms with E-state index in [4.69, 9.17) is 19.5 Å². The van der Waals surface area contributed by atoms with Crippen LogP contribution in [0.4, 0.5) is 11.4 Å². The molecule has 0 spiro atoms. The maximum absolute atomic E-state index is 5.81. The van der Waals surface area contributed by atoms with Crippen LogP contribution in [0, 0.1) is 0 Å². The summed E-state index contributed by atoms with van der Waals surface area (Å²) in [5, 5.41) is 0. The van der Waals surface area contributed by atoms with E-state index in [-0.39, 0.29) is 0 Å². The number of benzene rings is 2. The maximum Gasteiger partial charge on any atom is 0.119 e.